The minimum Gasteiger partial charge on any atom is -0.490 e. The largest absolute Gasteiger partial charge is 0.490 e. The fourth-order valence-electron chi connectivity index (χ4n) is 2.34. The van der Waals surface area contributed by atoms with Gasteiger partial charge in [0.1, 0.15) is 12.4 Å². The van der Waals surface area contributed by atoms with Crippen molar-refractivity contribution in [1.29, 1.82) is 0 Å². The highest BCUT2D eigenvalue weighted by atomic mass is 79.9. The molecule has 0 aromatic heterocycles. The molecule has 0 saturated carbocycles. The summed E-state index contributed by atoms with van der Waals surface area (Å²) in [7, 11) is 1.67. The van der Waals surface area contributed by atoms with Gasteiger partial charge < -0.3 is 9.47 Å². The van der Waals surface area contributed by atoms with Gasteiger partial charge in [-0.15, -0.1) is 11.6 Å². The van der Waals surface area contributed by atoms with Gasteiger partial charge in [0, 0.05) is 7.11 Å². The van der Waals surface area contributed by atoms with E-state index in [-0.39, 0.29) is 5.38 Å². The van der Waals surface area contributed by atoms with Crippen LogP contribution in [0, 0.1) is 5.92 Å². The van der Waals surface area contributed by atoms with E-state index in [0.29, 0.717) is 19.1 Å². The summed E-state index contributed by atoms with van der Waals surface area (Å²) in [5.74, 6) is 1.36. The second-order valence-corrected chi connectivity index (χ2v) is 6.57. The molecule has 120 valence electrons. The first-order valence-corrected chi connectivity index (χ1v) is 8.92. The van der Waals surface area contributed by atoms with Gasteiger partial charge in [-0.3, -0.25) is 0 Å². The van der Waals surface area contributed by atoms with E-state index < -0.39 is 0 Å². The summed E-state index contributed by atoms with van der Waals surface area (Å²) in [6.07, 6.45) is 4.75. The maximum absolute atomic E-state index is 6.68. The lowest BCUT2D eigenvalue weighted by molar-refractivity contribution is 0.146. The van der Waals surface area contributed by atoms with Gasteiger partial charge >= 0.3 is 0 Å². The maximum atomic E-state index is 6.68. The number of benzene rings is 1. The molecular formula is C17H26BrClO2. The zero-order chi connectivity index (χ0) is 15.7. The predicted molar refractivity (Wildman–Crippen MR) is 93.4 cm³/mol. The van der Waals surface area contributed by atoms with Crippen LogP contribution in [0.25, 0.3) is 0 Å². The topological polar surface area (TPSA) is 18.5 Å². The third-order valence-corrected chi connectivity index (χ3v) is 4.91. The van der Waals surface area contributed by atoms with Crippen LogP contribution in [0.2, 0.25) is 0 Å². The smallest absolute Gasteiger partial charge is 0.133 e. The summed E-state index contributed by atoms with van der Waals surface area (Å²) >= 11 is 10.2. The third-order valence-electron chi connectivity index (χ3n) is 3.69. The van der Waals surface area contributed by atoms with Crippen LogP contribution in [0.5, 0.6) is 5.75 Å². The molecule has 0 spiro atoms. The van der Waals surface area contributed by atoms with E-state index >= 15 is 0 Å². The second kappa shape index (κ2) is 10.5. The molecule has 21 heavy (non-hydrogen) atoms. The van der Waals surface area contributed by atoms with Crippen molar-refractivity contribution < 1.29 is 9.47 Å². The Morgan fingerprint density at radius 2 is 2.00 bits per heavy atom. The van der Waals surface area contributed by atoms with Crippen molar-refractivity contribution in [3.63, 3.8) is 0 Å². The molecule has 1 rings (SSSR count). The molecular weight excluding hydrogens is 352 g/mol. The lowest BCUT2D eigenvalue weighted by Gasteiger charge is -2.21. The SMILES string of the molecule is CCCCC(CC)C(Cl)c1ccc(OCCOC)c(Br)c1. The number of hydrogen-bond donors (Lipinski definition) is 0. The van der Waals surface area contributed by atoms with Crippen LogP contribution in [0.15, 0.2) is 22.7 Å². The third kappa shape index (κ3) is 6.17. The average Bonchev–Trinajstić information content (AvgIpc) is 2.49. The Morgan fingerprint density at radius 3 is 2.57 bits per heavy atom. The number of halogens is 2. The van der Waals surface area contributed by atoms with Crippen molar-refractivity contribution in [2.75, 3.05) is 20.3 Å². The van der Waals surface area contributed by atoms with Gasteiger partial charge in [-0.05, 0) is 46.0 Å². The molecule has 0 fully saturated rings. The molecule has 0 saturated heterocycles. The molecule has 0 bridgehead atoms. The molecule has 2 nitrogen and oxygen atoms in total. The van der Waals surface area contributed by atoms with E-state index in [1.165, 1.54) is 19.3 Å². The molecule has 1 aromatic rings. The molecule has 0 heterocycles. The number of hydrogen-bond acceptors (Lipinski definition) is 2. The van der Waals surface area contributed by atoms with Crippen LogP contribution in [0.3, 0.4) is 0 Å². The van der Waals surface area contributed by atoms with Gasteiger partial charge in [0.05, 0.1) is 16.5 Å². The van der Waals surface area contributed by atoms with Gasteiger partial charge in [-0.25, -0.2) is 0 Å². The van der Waals surface area contributed by atoms with Crippen molar-refractivity contribution in [1.82, 2.24) is 0 Å². The van der Waals surface area contributed by atoms with Gasteiger partial charge in [0.15, 0.2) is 0 Å². The Kier molecular flexibility index (Phi) is 9.37. The summed E-state index contributed by atoms with van der Waals surface area (Å²) in [5, 5.41) is 0.0610. The molecule has 0 aliphatic heterocycles. The van der Waals surface area contributed by atoms with Gasteiger partial charge in [0.2, 0.25) is 0 Å². The molecule has 0 N–H and O–H groups in total. The van der Waals surface area contributed by atoms with Crippen molar-refractivity contribution in [3.8, 4) is 5.75 Å². The summed E-state index contributed by atoms with van der Waals surface area (Å²) in [4.78, 5) is 0. The monoisotopic (exact) mass is 376 g/mol. The van der Waals surface area contributed by atoms with E-state index in [0.717, 1.165) is 22.2 Å². The van der Waals surface area contributed by atoms with Crippen molar-refractivity contribution in [2.24, 2.45) is 5.92 Å². The van der Waals surface area contributed by atoms with Crippen LogP contribution >= 0.6 is 27.5 Å². The average molecular weight is 378 g/mol. The number of methoxy groups -OCH3 is 1. The Bertz CT molecular complexity index is 412. The highest BCUT2D eigenvalue weighted by Crippen LogP contribution is 2.37. The van der Waals surface area contributed by atoms with Crippen LogP contribution in [-0.4, -0.2) is 20.3 Å². The van der Waals surface area contributed by atoms with Crippen LogP contribution < -0.4 is 4.74 Å². The van der Waals surface area contributed by atoms with Crippen LogP contribution in [0.4, 0.5) is 0 Å². The molecule has 1 aromatic carbocycles. The lowest BCUT2D eigenvalue weighted by atomic mass is 9.91. The van der Waals surface area contributed by atoms with Gasteiger partial charge in [0.25, 0.3) is 0 Å². The molecule has 2 atom stereocenters. The normalized spacial score (nSPS) is 14.0. The summed E-state index contributed by atoms with van der Waals surface area (Å²) in [5.41, 5.74) is 1.16. The summed E-state index contributed by atoms with van der Waals surface area (Å²) < 4.78 is 11.6. The predicted octanol–water partition coefficient (Wildman–Crippen LogP) is 5.97. The zero-order valence-electron chi connectivity index (χ0n) is 13.2. The Hall–Kier alpha value is -0.250. The minimum atomic E-state index is 0.0610. The summed E-state index contributed by atoms with van der Waals surface area (Å²) in [6, 6.07) is 6.13. The Labute approximate surface area is 142 Å². The maximum Gasteiger partial charge on any atom is 0.133 e. The Balaban J connectivity index is 2.72. The first kappa shape index (κ1) is 18.8. The molecule has 0 aliphatic carbocycles. The molecule has 0 aliphatic rings. The first-order valence-electron chi connectivity index (χ1n) is 7.69. The highest BCUT2D eigenvalue weighted by Gasteiger charge is 2.20. The van der Waals surface area contributed by atoms with E-state index in [1.54, 1.807) is 7.11 Å². The van der Waals surface area contributed by atoms with Crippen LogP contribution in [0.1, 0.15) is 50.5 Å². The molecule has 0 amide bonds. The van der Waals surface area contributed by atoms with Crippen molar-refractivity contribution in [2.45, 2.75) is 44.9 Å². The Morgan fingerprint density at radius 1 is 1.24 bits per heavy atom. The summed E-state index contributed by atoms with van der Waals surface area (Å²) in [6.45, 7) is 5.57. The number of alkyl halides is 1. The standard InChI is InChI=1S/C17H26BrClO2/c1-4-6-7-13(5-2)17(19)14-8-9-16(15(18)12-14)21-11-10-20-3/h8-9,12-13,17H,4-7,10-11H2,1-3H3. The van der Waals surface area contributed by atoms with E-state index in [9.17, 15) is 0 Å². The van der Waals surface area contributed by atoms with Gasteiger partial charge in [-0.2, -0.15) is 0 Å². The number of rotatable bonds is 10. The number of unbranched alkanes of at least 4 members (excludes halogenated alkanes) is 1. The fourth-order valence-corrected chi connectivity index (χ4v) is 3.29. The lowest BCUT2D eigenvalue weighted by Crippen LogP contribution is -2.08. The zero-order valence-corrected chi connectivity index (χ0v) is 15.5. The van der Waals surface area contributed by atoms with E-state index in [1.807, 2.05) is 6.07 Å². The molecule has 2 unspecified atom stereocenters. The minimum absolute atomic E-state index is 0.0610. The van der Waals surface area contributed by atoms with Gasteiger partial charge in [-0.1, -0.05) is 39.2 Å². The van der Waals surface area contributed by atoms with E-state index in [2.05, 4.69) is 41.9 Å². The number of ether oxygens (including phenoxy) is 2. The molecule has 4 heteroatoms. The molecule has 0 radical (unpaired) electrons. The highest BCUT2D eigenvalue weighted by molar-refractivity contribution is 9.10. The first-order chi connectivity index (χ1) is 10.1. The quantitative estimate of drug-likeness (QED) is 0.369. The van der Waals surface area contributed by atoms with E-state index in [4.69, 9.17) is 21.1 Å². The van der Waals surface area contributed by atoms with Crippen molar-refractivity contribution >= 4 is 27.5 Å². The van der Waals surface area contributed by atoms with Crippen LogP contribution in [-0.2, 0) is 4.74 Å². The van der Waals surface area contributed by atoms with Crippen molar-refractivity contribution in [3.05, 3.63) is 28.2 Å². The fraction of sp³-hybridized carbons (Fsp3) is 0.647. The second-order valence-electron chi connectivity index (χ2n) is 5.24.